The predicted octanol–water partition coefficient (Wildman–Crippen LogP) is 1.02. The van der Waals surface area contributed by atoms with E-state index in [0.717, 1.165) is 12.5 Å². The lowest BCUT2D eigenvalue weighted by Gasteiger charge is -2.29. The number of rotatable bonds is 2. The van der Waals surface area contributed by atoms with Gasteiger partial charge < -0.3 is 10.1 Å². The number of methoxy groups -OCH3 is 1. The second-order valence-electron chi connectivity index (χ2n) is 3.14. The molecule has 1 saturated heterocycles. The van der Waals surface area contributed by atoms with Gasteiger partial charge >= 0.3 is 0 Å². The van der Waals surface area contributed by atoms with Gasteiger partial charge in [0.25, 0.3) is 0 Å². The Kier molecular flexibility index (Phi) is 3.16. The molecule has 0 aromatic rings. The van der Waals surface area contributed by atoms with Crippen LogP contribution in [-0.2, 0) is 4.74 Å². The van der Waals surface area contributed by atoms with Crippen molar-refractivity contribution in [2.24, 2.45) is 5.92 Å². The highest BCUT2D eigenvalue weighted by Crippen LogP contribution is 2.14. The van der Waals surface area contributed by atoms with Crippen LogP contribution in [0, 0.1) is 5.92 Å². The fourth-order valence-electron chi connectivity index (χ4n) is 1.52. The maximum Gasteiger partial charge on any atom is 0.0618 e. The van der Waals surface area contributed by atoms with Crippen LogP contribution >= 0.6 is 0 Å². The third-order valence-electron chi connectivity index (χ3n) is 2.28. The van der Waals surface area contributed by atoms with Gasteiger partial charge in [0.1, 0.15) is 0 Å². The first-order valence-corrected chi connectivity index (χ1v) is 4.07. The van der Waals surface area contributed by atoms with Gasteiger partial charge in [0.05, 0.1) is 6.61 Å². The summed E-state index contributed by atoms with van der Waals surface area (Å²) >= 11 is 0. The Balaban J connectivity index is 2.25. The normalized spacial score (nSPS) is 34.2. The van der Waals surface area contributed by atoms with Gasteiger partial charge in [-0.1, -0.05) is 6.92 Å². The fourth-order valence-corrected chi connectivity index (χ4v) is 1.52. The van der Waals surface area contributed by atoms with Crippen molar-refractivity contribution in [3.8, 4) is 0 Å². The van der Waals surface area contributed by atoms with Crippen LogP contribution < -0.4 is 5.32 Å². The lowest BCUT2D eigenvalue weighted by molar-refractivity contribution is 0.129. The van der Waals surface area contributed by atoms with Gasteiger partial charge in [0.15, 0.2) is 0 Å². The molecule has 2 unspecified atom stereocenters. The molecule has 1 heterocycles. The van der Waals surface area contributed by atoms with E-state index in [1.54, 1.807) is 7.11 Å². The predicted molar refractivity (Wildman–Crippen MR) is 42.1 cm³/mol. The molecule has 1 aliphatic rings. The van der Waals surface area contributed by atoms with Crippen LogP contribution in [-0.4, -0.2) is 26.3 Å². The average molecular weight is 143 g/mol. The zero-order valence-corrected chi connectivity index (χ0v) is 6.89. The molecule has 0 aromatic carbocycles. The number of nitrogens with one attached hydrogen (secondary N) is 1. The van der Waals surface area contributed by atoms with Gasteiger partial charge in [-0.3, -0.25) is 0 Å². The van der Waals surface area contributed by atoms with Crippen LogP contribution in [0.2, 0.25) is 0 Å². The highest BCUT2D eigenvalue weighted by molar-refractivity contribution is 4.77. The van der Waals surface area contributed by atoms with Gasteiger partial charge in [0.2, 0.25) is 0 Å². The summed E-state index contributed by atoms with van der Waals surface area (Å²) in [7, 11) is 1.77. The molecule has 1 rings (SSSR count). The molecule has 2 heteroatoms. The molecule has 0 saturated carbocycles. The monoisotopic (exact) mass is 143 g/mol. The molecule has 1 fully saturated rings. The third-order valence-corrected chi connectivity index (χ3v) is 2.28. The molecule has 60 valence electrons. The van der Waals surface area contributed by atoms with Crippen LogP contribution in [0.25, 0.3) is 0 Å². The van der Waals surface area contributed by atoms with Crippen molar-refractivity contribution in [1.82, 2.24) is 5.32 Å². The van der Waals surface area contributed by atoms with E-state index in [-0.39, 0.29) is 0 Å². The highest BCUT2D eigenvalue weighted by Gasteiger charge is 2.19. The number of piperidine rings is 1. The van der Waals surface area contributed by atoms with Crippen LogP contribution in [0.5, 0.6) is 0 Å². The summed E-state index contributed by atoms with van der Waals surface area (Å²) in [6.45, 7) is 4.31. The standard InChI is InChI=1S/C8H17NO/c1-7-4-3-5-9-8(7)6-10-2/h7-9H,3-6H2,1-2H3. The second kappa shape index (κ2) is 3.94. The Hall–Kier alpha value is -0.0800. The quantitative estimate of drug-likeness (QED) is 0.623. The number of hydrogen-bond acceptors (Lipinski definition) is 2. The van der Waals surface area contributed by atoms with E-state index in [2.05, 4.69) is 12.2 Å². The minimum Gasteiger partial charge on any atom is -0.383 e. The molecule has 1 aliphatic heterocycles. The molecule has 0 spiro atoms. The zero-order chi connectivity index (χ0) is 7.40. The van der Waals surface area contributed by atoms with Crippen molar-refractivity contribution in [2.75, 3.05) is 20.3 Å². The second-order valence-corrected chi connectivity index (χ2v) is 3.14. The van der Waals surface area contributed by atoms with Crippen LogP contribution in [0.15, 0.2) is 0 Å². The molecular formula is C8H17NO. The molecule has 0 bridgehead atoms. The van der Waals surface area contributed by atoms with Gasteiger partial charge in [-0.05, 0) is 25.3 Å². The summed E-state index contributed by atoms with van der Waals surface area (Å²) < 4.78 is 5.09. The van der Waals surface area contributed by atoms with Crippen molar-refractivity contribution < 1.29 is 4.74 Å². The molecule has 2 atom stereocenters. The molecule has 0 aliphatic carbocycles. The summed E-state index contributed by atoms with van der Waals surface area (Å²) in [5.41, 5.74) is 0. The summed E-state index contributed by atoms with van der Waals surface area (Å²) in [5.74, 6) is 0.786. The fraction of sp³-hybridized carbons (Fsp3) is 1.00. The van der Waals surface area contributed by atoms with E-state index < -0.39 is 0 Å². The number of hydrogen-bond donors (Lipinski definition) is 1. The Morgan fingerprint density at radius 3 is 3.00 bits per heavy atom. The SMILES string of the molecule is COCC1NCCCC1C. The van der Waals surface area contributed by atoms with E-state index in [1.165, 1.54) is 19.4 Å². The van der Waals surface area contributed by atoms with Crippen LogP contribution in [0.1, 0.15) is 19.8 Å². The Morgan fingerprint density at radius 2 is 2.40 bits per heavy atom. The molecule has 0 aromatic heterocycles. The summed E-state index contributed by atoms with van der Waals surface area (Å²) in [5, 5.41) is 3.44. The summed E-state index contributed by atoms with van der Waals surface area (Å²) in [4.78, 5) is 0. The van der Waals surface area contributed by atoms with E-state index in [9.17, 15) is 0 Å². The van der Waals surface area contributed by atoms with Crippen LogP contribution in [0.3, 0.4) is 0 Å². The minimum atomic E-state index is 0.596. The van der Waals surface area contributed by atoms with Gasteiger partial charge in [-0.15, -0.1) is 0 Å². The largest absolute Gasteiger partial charge is 0.383 e. The highest BCUT2D eigenvalue weighted by atomic mass is 16.5. The van der Waals surface area contributed by atoms with Gasteiger partial charge in [0, 0.05) is 13.2 Å². The van der Waals surface area contributed by atoms with Gasteiger partial charge in [-0.25, -0.2) is 0 Å². The maximum absolute atomic E-state index is 5.09. The first-order valence-electron chi connectivity index (χ1n) is 4.07. The van der Waals surface area contributed by atoms with Crippen molar-refractivity contribution >= 4 is 0 Å². The van der Waals surface area contributed by atoms with E-state index in [0.29, 0.717) is 6.04 Å². The minimum absolute atomic E-state index is 0.596. The molecule has 0 amide bonds. The Labute approximate surface area is 63.0 Å². The van der Waals surface area contributed by atoms with E-state index >= 15 is 0 Å². The van der Waals surface area contributed by atoms with E-state index in [1.807, 2.05) is 0 Å². The molecule has 10 heavy (non-hydrogen) atoms. The summed E-state index contributed by atoms with van der Waals surface area (Å²) in [6.07, 6.45) is 2.67. The van der Waals surface area contributed by atoms with Gasteiger partial charge in [-0.2, -0.15) is 0 Å². The zero-order valence-electron chi connectivity index (χ0n) is 6.89. The van der Waals surface area contributed by atoms with Crippen molar-refractivity contribution in [1.29, 1.82) is 0 Å². The first kappa shape index (κ1) is 8.02. The third kappa shape index (κ3) is 1.96. The molecular weight excluding hydrogens is 126 g/mol. The smallest absolute Gasteiger partial charge is 0.0618 e. The summed E-state index contributed by atoms with van der Waals surface area (Å²) in [6, 6.07) is 0.596. The van der Waals surface area contributed by atoms with E-state index in [4.69, 9.17) is 4.74 Å². The van der Waals surface area contributed by atoms with Crippen LogP contribution in [0.4, 0.5) is 0 Å². The van der Waals surface area contributed by atoms with Crippen molar-refractivity contribution in [2.45, 2.75) is 25.8 Å². The topological polar surface area (TPSA) is 21.3 Å². The first-order chi connectivity index (χ1) is 4.84. The Morgan fingerprint density at radius 1 is 1.60 bits per heavy atom. The molecule has 1 N–H and O–H groups in total. The average Bonchev–Trinajstić information content (AvgIpc) is 1.94. The van der Waals surface area contributed by atoms with Crippen molar-refractivity contribution in [3.05, 3.63) is 0 Å². The van der Waals surface area contributed by atoms with Crippen molar-refractivity contribution in [3.63, 3.8) is 0 Å². The maximum atomic E-state index is 5.09. The Bertz CT molecular complexity index is 93.3. The lowest BCUT2D eigenvalue weighted by Crippen LogP contribution is -2.43. The molecule has 2 nitrogen and oxygen atoms in total. The molecule has 0 radical (unpaired) electrons. The lowest BCUT2D eigenvalue weighted by atomic mass is 9.93. The number of ether oxygens (including phenoxy) is 1.